The summed E-state index contributed by atoms with van der Waals surface area (Å²) in [6, 6.07) is 2.79. The summed E-state index contributed by atoms with van der Waals surface area (Å²) in [4.78, 5) is 10.2. The molecular weight excluding hydrogens is 202 g/mol. The van der Waals surface area contributed by atoms with Crippen LogP contribution in [0.1, 0.15) is 6.92 Å². The Labute approximate surface area is 85.5 Å². The van der Waals surface area contributed by atoms with Gasteiger partial charge in [0.05, 0.1) is 17.6 Å². The highest BCUT2D eigenvalue weighted by Crippen LogP contribution is 2.41. The van der Waals surface area contributed by atoms with Gasteiger partial charge in [0.2, 0.25) is 12.5 Å². The van der Waals surface area contributed by atoms with Crippen molar-refractivity contribution in [3.05, 3.63) is 22.2 Å². The molecule has 0 aromatic heterocycles. The van der Waals surface area contributed by atoms with Gasteiger partial charge in [-0.2, -0.15) is 0 Å². The molecule has 0 radical (unpaired) electrons. The first kappa shape index (κ1) is 9.57. The van der Waals surface area contributed by atoms with Crippen molar-refractivity contribution in [3.8, 4) is 17.2 Å². The number of nitro benzene ring substituents is 1. The molecule has 1 aliphatic rings. The van der Waals surface area contributed by atoms with E-state index in [0.717, 1.165) is 0 Å². The lowest BCUT2D eigenvalue weighted by Gasteiger charge is -2.04. The molecule has 0 saturated carbocycles. The van der Waals surface area contributed by atoms with Gasteiger partial charge in [-0.05, 0) is 6.92 Å². The zero-order valence-electron chi connectivity index (χ0n) is 8.06. The van der Waals surface area contributed by atoms with Crippen molar-refractivity contribution in [2.24, 2.45) is 0 Å². The van der Waals surface area contributed by atoms with Gasteiger partial charge < -0.3 is 14.2 Å². The zero-order chi connectivity index (χ0) is 10.8. The molecule has 1 aliphatic heterocycles. The molecular formula is C9H9NO5. The Bertz CT molecular complexity index is 404. The van der Waals surface area contributed by atoms with E-state index in [9.17, 15) is 10.1 Å². The molecule has 0 unspecified atom stereocenters. The molecule has 2 rings (SSSR count). The van der Waals surface area contributed by atoms with Crippen LogP contribution in [0.5, 0.6) is 17.2 Å². The number of hydrogen-bond acceptors (Lipinski definition) is 5. The minimum atomic E-state index is -0.507. The van der Waals surface area contributed by atoms with Gasteiger partial charge in [-0.15, -0.1) is 0 Å². The fraction of sp³-hybridized carbons (Fsp3) is 0.333. The predicted octanol–water partition coefficient (Wildman–Crippen LogP) is 1.72. The molecule has 0 aliphatic carbocycles. The molecule has 0 N–H and O–H groups in total. The highest BCUT2D eigenvalue weighted by molar-refractivity contribution is 5.58. The second kappa shape index (κ2) is 3.64. The highest BCUT2D eigenvalue weighted by atomic mass is 16.7. The third kappa shape index (κ3) is 1.65. The van der Waals surface area contributed by atoms with E-state index in [1.54, 1.807) is 6.92 Å². The average molecular weight is 211 g/mol. The van der Waals surface area contributed by atoms with Gasteiger partial charge in [0.1, 0.15) is 0 Å². The van der Waals surface area contributed by atoms with Crippen molar-refractivity contribution in [2.75, 3.05) is 13.4 Å². The van der Waals surface area contributed by atoms with Gasteiger partial charge >= 0.3 is 5.69 Å². The number of nitro groups is 1. The molecule has 1 aromatic carbocycles. The maximum Gasteiger partial charge on any atom is 0.314 e. The summed E-state index contributed by atoms with van der Waals surface area (Å²) in [6.07, 6.45) is 0. The molecule has 0 spiro atoms. The van der Waals surface area contributed by atoms with E-state index in [0.29, 0.717) is 18.1 Å². The van der Waals surface area contributed by atoms with Gasteiger partial charge in [0.25, 0.3) is 0 Å². The van der Waals surface area contributed by atoms with E-state index in [1.165, 1.54) is 12.1 Å². The van der Waals surface area contributed by atoms with Crippen LogP contribution in [0.3, 0.4) is 0 Å². The molecule has 6 heteroatoms. The Morgan fingerprint density at radius 2 is 2.13 bits per heavy atom. The van der Waals surface area contributed by atoms with Crippen molar-refractivity contribution < 1.29 is 19.1 Å². The molecule has 0 amide bonds. The zero-order valence-corrected chi connectivity index (χ0v) is 8.06. The van der Waals surface area contributed by atoms with Crippen LogP contribution in [0.4, 0.5) is 5.69 Å². The number of ether oxygens (including phenoxy) is 3. The van der Waals surface area contributed by atoms with Crippen LogP contribution in [0.15, 0.2) is 12.1 Å². The molecule has 1 heterocycles. The molecule has 15 heavy (non-hydrogen) atoms. The standard InChI is InChI=1S/C9H9NO5/c1-2-13-7-4-9-8(14-5-15-9)3-6(7)10(11)12/h3-4H,2,5H2,1H3. The molecule has 0 fully saturated rings. The molecule has 1 aromatic rings. The first-order valence-corrected chi connectivity index (χ1v) is 4.43. The second-order valence-electron chi connectivity index (χ2n) is 2.86. The Balaban J connectivity index is 2.47. The van der Waals surface area contributed by atoms with E-state index in [-0.39, 0.29) is 18.2 Å². The molecule has 80 valence electrons. The minimum Gasteiger partial charge on any atom is -0.487 e. The second-order valence-corrected chi connectivity index (χ2v) is 2.86. The third-order valence-electron chi connectivity index (χ3n) is 1.95. The number of benzene rings is 1. The summed E-state index contributed by atoms with van der Waals surface area (Å²) in [7, 11) is 0. The number of fused-ring (bicyclic) bond motifs is 1. The van der Waals surface area contributed by atoms with Crippen molar-refractivity contribution >= 4 is 5.69 Å². The van der Waals surface area contributed by atoms with E-state index < -0.39 is 4.92 Å². The van der Waals surface area contributed by atoms with Gasteiger partial charge in [-0.1, -0.05) is 0 Å². The van der Waals surface area contributed by atoms with Crippen LogP contribution in [0.2, 0.25) is 0 Å². The molecule has 0 atom stereocenters. The Morgan fingerprint density at radius 1 is 1.47 bits per heavy atom. The van der Waals surface area contributed by atoms with Crippen LogP contribution >= 0.6 is 0 Å². The van der Waals surface area contributed by atoms with Crippen LogP contribution in [0, 0.1) is 10.1 Å². The Kier molecular flexibility index (Phi) is 2.32. The van der Waals surface area contributed by atoms with Crippen molar-refractivity contribution in [2.45, 2.75) is 6.92 Å². The highest BCUT2D eigenvalue weighted by Gasteiger charge is 2.24. The van der Waals surface area contributed by atoms with Crippen LogP contribution in [-0.4, -0.2) is 18.3 Å². The van der Waals surface area contributed by atoms with Crippen molar-refractivity contribution in [1.29, 1.82) is 0 Å². The quantitative estimate of drug-likeness (QED) is 0.562. The van der Waals surface area contributed by atoms with Crippen molar-refractivity contribution in [1.82, 2.24) is 0 Å². The monoisotopic (exact) mass is 211 g/mol. The SMILES string of the molecule is CCOc1cc2c(cc1[N+](=O)[O-])OCO2. The fourth-order valence-corrected chi connectivity index (χ4v) is 1.33. The van der Waals surface area contributed by atoms with E-state index in [4.69, 9.17) is 14.2 Å². The van der Waals surface area contributed by atoms with E-state index in [1.807, 2.05) is 0 Å². The summed E-state index contributed by atoms with van der Waals surface area (Å²) >= 11 is 0. The maximum absolute atomic E-state index is 10.7. The third-order valence-corrected chi connectivity index (χ3v) is 1.95. The largest absolute Gasteiger partial charge is 0.487 e. The smallest absolute Gasteiger partial charge is 0.314 e. The van der Waals surface area contributed by atoms with E-state index in [2.05, 4.69) is 0 Å². The topological polar surface area (TPSA) is 70.8 Å². The minimum absolute atomic E-state index is 0.0854. The summed E-state index contributed by atoms with van der Waals surface area (Å²) in [6.45, 7) is 2.21. The van der Waals surface area contributed by atoms with Crippen LogP contribution < -0.4 is 14.2 Å². The summed E-state index contributed by atoms with van der Waals surface area (Å²) in [5.74, 6) is 1.06. The van der Waals surface area contributed by atoms with Gasteiger partial charge in [0, 0.05) is 6.07 Å². The predicted molar refractivity (Wildman–Crippen MR) is 50.4 cm³/mol. The summed E-state index contributed by atoms with van der Waals surface area (Å²) in [5.41, 5.74) is -0.110. The Hall–Kier alpha value is -1.98. The molecule has 0 saturated heterocycles. The molecule has 0 bridgehead atoms. The average Bonchev–Trinajstić information content (AvgIpc) is 2.63. The van der Waals surface area contributed by atoms with Crippen LogP contribution in [0.25, 0.3) is 0 Å². The van der Waals surface area contributed by atoms with E-state index >= 15 is 0 Å². The van der Waals surface area contributed by atoms with Gasteiger partial charge in [-0.3, -0.25) is 10.1 Å². The molecule has 6 nitrogen and oxygen atoms in total. The van der Waals surface area contributed by atoms with Gasteiger partial charge in [-0.25, -0.2) is 0 Å². The van der Waals surface area contributed by atoms with Gasteiger partial charge in [0.15, 0.2) is 11.5 Å². The van der Waals surface area contributed by atoms with Crippen LogP contribution in [-0.2, 0) is 0 Å². The lowest BCUT2D eigenvalue weighted by molar-refractivity contribution is -0.385. The number of rotatable bonds is 3. The summed E-state index contributed by atoms with van der Waals surface area (Å²) < 4.78 is 15.3. The normalized spacial score (nSPS) is 12.6. The van der Waals surface area contributed by atoms with Crippen molar-refractivity contribution in [3.63, 3.8) is 0 Å². The lowest BCUT2D eigenvalue weighted by Crippen LogP contribution is -1.97. The summed E-state index contributed by atoms with van der Waals surface area (Å²) in [5, 5.41) is 10.7. The first-order valence-electron chi connectivity index (χ1n) is 4.43. The fourth-order valence-electron chi connectivity index (χ4n) is 1.33. The maximum atomic E-state index is 10.7. The number of nitrogens with zero attached hydrogens (tertiary/aromatic N) is 1. The lowest BCUT2D eigenvalue weighted by atomic mass is 10.2. The Morgan fingerprint density at radius 3 is 2.73 bits per heavy atom. The number of hydrogen-bond donors (Lipinski definition) is 0. The first-order chi connectivity index (χ1) is 7.22.